The van der Waals surface area contributed by atoms with Crippen LogP contribution in [-0.2, 0) is 0 Å². The first-order valence-electron chi connectivity index (χ1n) is 5.10. The zero-order chi connectivity index (χ0) is 11.0. The van der Waals surface area contributed by atoms with Gasteiger partial charge in [-0.05, 0) is 20.8 Å². The Hall–Kier alpha value is -1.10. The minimum Gasteiger partial charge on any atom is -0.370 e. The number of hydrogen-bond donors (Lipinski definition) is 1. The van der Waals surface area contributed by atoms with Gasteiger partial charge in [0.05, 0.1) is 6.54 Å². The lowest BCUT2D eigenvalue weighted by Gasteiger charge is -2.28. The maximum atomic E-state index is 5.87. The van der Waals surface area contributed by atoms with E-state index in [2.05, 4.69) is 34.1 Å². The molecule has 82 valence electrons. The molecule has 15 heavy (non-hydrogen) atoms. The molecule has 2 heterocycles. The summed E-state index contributed by atoms with van der Waals surface area (Å²) in [6.07, 6.45) is 0. The highest BCUT2D eigenvalue weighted by Gasteiger charge is 2.31. The van der Waals surface area contributed by atoms with Gasteiger partial charge >= 0.3 is 0 Å². The number of nitrogens with two attached hydrogens (primary N) is 1. The normalized spacial score (nSPS) is 21.2. The Balaban J connectivity index is 2.24. The molecular formula is C10H16N4S. The first-order valence-corrected chi connectivity index (χ1v) is 5.98. The molecule has 2 N–H and O–H groups in total. The molecule has 1 aliphatic rings. The van der Waals surface area contributed by atoms with E-state index in [-0.39, 0.29) is 6.04 Å². The molecule has 0 radical (unpaired) electrons. The van der Waals surface area contributed by atoms with E-state index < -0.39 is 0 Å². The number of rotatable bonds is 2. The van der Waals surface area contributed by atoms with Crippen molar-refractivity contribution in [3.8, 4) is 0 Å². The van der Waals surface area contributed by atoms with Crippen molar-refractivity contribution in [2.24, 2.45) is 10.7 Å². The van der Waals surface area contributed by atoms with Crippen LogP contribution in [-0.4, -0.2) is 28.4 Å². The van der Waals surface area contributed by atoms with Gasteiger partial charge in [0.2, 0.25) is 0 Å². The van der Waals surface area contributed by atoms with E-state index in [0.29, 0.717) is 12.0 Å². The summed E-state index contributed by atoms with van der Waals surface area (Å²) in [5, 5.41) is 3.19. The van der Waals surface area contributed by atoms with Gasteiger partial charge in [0.15, 0.2) is 5.96 Å². The Labute approximate surface area is 93.8 Å². The largest absolute Gasteiger partial charge is 0.370 e. The highest BCUT2D eigenvalue weighted by Crippen LogP contribution is 2.29. The number of nitrogens with zero attached hydrogens (tertiary/aromatic N) is 3. The predicted octanol–water partition coefficient (Wildman–Crippen LogP) is 1.53. The average Bonchev–Trinajstić information content (AvgIpc) is 2.71. The summed E-state index contributed by atoms with van der Waals surface area (Å²) in [4.78, 5) is 10.9. The summed E-state index contributed by atoms with van der Waals surface area (Å²) in [7, 11) is 0. The van der Waals surface area contributed by atoms with E-state index >= 15 is 0 Å². The Morgan fingerprint density at radius 2 is 2.33 bits per heavy atom. The van der Waals surface area contributed by atoms with Crippen LogP contribution in [0.1, 0.15) is 30.6 Å². The van der Waals surface area contributed by atoms with E-state index in [1.165, 1.54) is 0 Å². The van der Waals surface area contributed by atoms with E-state index in [9.17, 15) is 0 Å². The summed E-state index contributed by atoms with van der Waals surface area (Å²) < 4.78 is 0. The SMILES string of the molecule is Cc1csc(C2CN=C(N)N2C(C)C)n1. The molecule has 0 amide bonds. The van der Waals surface area contributed by atoms with Crippen LogP contribution in [0.5, 0.6) is 0 Å². The van der Waals surface area contributed by atoms with Crippen molar-refractivity contribution < 1.29 is 0 Å². The third-order valence-corrected chi connectivity index (χ3v) is 3.57. The summed E-state index contributed by atoms with van der Waals surface area (Å²) >= 11 is 1.69. The molecule has 2 rings (SSSR count). The number of hydrogen-bond acceptors (Lipinski definition) is 5. The highest BCUT2D eigenvalue weighted by atomic mass is 32.1. The third-order valence-electron chi connectivity index (χ3n) is 2.50. The Kier molecular flexibility index (Phi) is 2.65. The Morgan fingerprint density at radius 1 is 1.60 bits per heavy atom. The average molecular weight is 224 g/mol. The zero-order valence-corrected chi connectivity index (χ0v) is 10.1. The van der Waals surface area contributed by atoms with Crippen LogP contribution in [0, 0.1) is 6.92 Å². The molecule has 0 spiro atoms. The van der Waals surface area contributed by atoms with Crippen LogP contribution in [0.3, 0.4) is 0 Å². The van der Waals surface area contributed by atoms with Gasteiger partial charge in [-0.1, -0.05) is 0 Å². The molecule has 1 aromatic heterocycles. The minimum atomic E-state index is 0.240. The van der Waals surface area contributed by atoms with Crippen molar-refractivity contribution in [2.45, 2.75) is 32.9 Å². The molecule has 0 fully saturated rings. The fraction of sp³-hybridized carbons (Fsp3) is 0.600. The molecule has 0 aliphatic carbocycles. The van der Waals surface area contributed by atoms with Crippen LogP contribution in [0.2, 0.25) is 0 Å². The van der Waals surface area contributed by atoms with Crippen molar-refractivity contribution in [3.05, 3.63) is 16.1 Å². The summed E-state index contributed by atoms with van der Waals surface area (Å²) in [6, 6.07) is 0.606. The first kappa shape index (κ1) is 10.4. The summed E-state index contributed by atoms with van der Waals surface area (Å²) in [5.41, 5.74) is 6.94. The molecule has 1 unspecified atom stereocenters. The van der Waals surface area contributed by atoms with Crippen molar-refractivity contribution >= 4 is 17.3 Å². The van der Waals surface area contributed by atoms with Gasteiger partial charge in [-0.15, -0.1) is 11.3 Å². The standard InChI is InChI=1S/C10H16N4S/c1-6(2)14-8(4-12-10(14)11)9-13-7(3)5-15-9/h5-6,8H,4H2,1-3H3,(H2,11,12). The van der Waals surface area contributed by atoms with Crippen LogP contribution < -0.4 is 5.73 Å². The molecular weight excluding hydrogens is 208 g/mol. The monoisotopic (exact) mass is 224 g/mol. The number of aliphatic imine (C=N–C) groups is 1. The van der Waals surface area contributed by atoms with Gasteiger partial charge < -0.3 is 10.6 Å². The molecule has 0 aromatic carbocycles. The number of aromatic nitrogens is 1. The topological polar surface area (TPSA) is 54.5 Å². The number of thiazole rings is 1. The second-order valence-corrected chi connectivity index (χ2v) is 4.93. The number of guanidine groups is 1. The fourth-order valence-corrected chi connectivity index (χ4v) is 2.74. The molecule has 1 aromatic rings. The van der Waals surface area contributed by atoms with Crippen molar-refractivity contribution in [1.82, 2.24) is 9.88 Å². The summed E-state index contributed by atoms with van der Waals surface area (Å²) in [5.74, 6) is 0.642. The second-order valence-electron chi connectivity index (χ2n) is 4.04. The predicted molar refractivity (Wildman–Crippen MR) is 63.1 cm³/mol. The maximum absolute atomic E-state index is 5.87. The molecule has 0 saturated carbocycles. The number of aryl methyl sites for hydroxylation is 1. The van der Waals surface area contributed by atoms with Crippen LogP contribution in [0.25, 0.3) is 0 Å². The Bertz CT molecular complexity index is 383. The molecule has 1 aliphatic heterocycles. The highest BCUT2D eigenvalue weighted by molar-refractivity contribution is 7.09. The fourth-order valence-electron chi connectivity index (χ4n) is 1.86. The van der Waals surface area contributed by atoms with Gasteiger partial charge in [-0.3, -0.25) is 4.99 Å². The van der Waals surface area contributed by atoms with Crippen LogP contribution >= 0.6 is 11.3 Å². The van der Waals surface area contributed by atoms with Crippen molar-refractivity contribution in [2.75, 3.05) is 6.54 Å². The van der Waals surface area contributed by atoms with Crippen molar-refractivity contribution in [3.63, 3.8) is 0 Å². The lowest BCUT2D eigenvalue weighted by atomic mass is 10.2. The lowest BCUT2D eigenvalue weighted by molar-refractivity contribution is 0.289. The van der Waals surface area contributed by atoms with Gasteiger partial charge in [0, 0.05) is 17.1 Å². The van der Waals surface area contributed by atoms with Crippen LogP contribution in [0.15, 0.2) is 10.4 Å². The molecule has 5 heteroatoms. The smallest absolute Gasteiger partial charge is 0.192 e. The zero-order valence-electron chi connectivity index (χ0n) is 9.27. The molecule has 1 atom stereocenters. The van der Waals surface area contributed by atoms with Gasteiger partial charge in [0.1, 0.15) is 11.0 Å². The van der Waals surface area contributed by atoms with Crippen molar-refractivity contribution in [1.29, 1.82) is 0 Å². The maximum Gasteiger partial charge on any atom is 0.192 e. The molecule has 4 nitrogen and oxygen atoms in total. The lowest BCUT2D eigenvalue weighted by Crippen LogP contribution is -2.40. The van der Waals surface area contributed by atoms with E-state index in [0.717, 1.165) is 17.2 Å². The molecule has 0 saturated heterocycles. The van der Waals surface area contributed by atoms with Gasteiger partial charge in [-0.2, -0.15) is 0 Å². The van der Waals surface area contributed by atoms with Gasteiger partial charge in [0.25, 0.3) is 0 Å². The first-order chi connectivity index (χ1) is 7.09. The minimum absolute atomic E-state index is 0.240. The van der Waals surface area contributed by atoms with E-state index in [4.69, 9.17) is 5.73 Å². The second kappa shape index (κ2) is 3.81. The quantitative estimate of drug-likeness (QED) is 0.829. The molecule has 0 bridgehead atoms. The Morgan fingerprint density at radius 3 is 2.87 bits per heavy atom. The van der Waals surface area contributed by atoms with Crippen LogP contribution in [0.4, 0.5) is 0 Å². The van der Waals surface area contributed by atoms with Gasteiger partial charge in [-0.25, -0.2) is 4.98 Å². The third kappa shape index (κ3) is 1.84. The van der Waals surface area contributed by atoms with E-state index in [1.807, 2.05) is 6.92 Å². The van der Waals surface area contributed by atoms with E-state index in [1.54, 1.807) is 11.3 Å². The summed E-state index contributed by atoms with van der Waals surface area (Å²) in [6.45, 7) is 7.00.